The summed E-state index contributed by atoms with van der Waals surface area (Å²) < 4.78 is 0. The molecule has 0 aromatic heterocycles. The minimum atomic E-state index is 0.0620. The number of amides is 1. The Balaban J connectivity index is 2.07. The van der Waals surface area contributed by atoms with Crippen molar-refractivity contribution in [3.8, 4) is 0 Å². The van der Waals surface area contributed by atoms with Gasteiger partial charge in [-0.15, -0.1) is 11.8 Å². The third kappa shape index (κ3) is 3.17. The number of nitrogens with one attached hydrogen (secondary N) is 2. The molecule has 2 rings (SSSR count). The zero-order valence-corrected chi connectivity index (χ0v) is 11.6. The number of carbonyl (C=O) groups excluding carboxylic acids is 1. The molecule has 0 bridgehead atoms. The van der Waals surface area contributed by atoms with Gasteiger partial charge in [0.2, 0.25) is 5.91 Å². The highest BCUT2D eigenvalue weighted by atomic mass is 32.2. The van der Waals surface area contributed by atoms with Crippen molar-refractivity contribution in [3.05, 3.63) is 18.2 Å². The van der Waals surface area contributed by atoms with E-state index in [4.69, 9.17) is 5.73 Å². The molecule has 1 aromatic carbocycles. The minimum Gasteiger partial charge on any atom is -0.384 e. The van der Waals surface area contributed by atoms with E-state index >= 15 is 0 Å². The number of benzene rings is 1. The molecule has 4 nitrogen and oxygen atoms in total. The molecule has 1 amide bonds. The molecule has 4 N–H and O–H groups in total. The topological polar surface area (TPSA) is 67.2 Å². The van der Waals surface area contributed by atoms with Gasteiger partial charge in [0.05, 0.1) is 11.4 Å². The van der Waals surface area contributed by atoms with E-state index in [-0.39, 0.29) is 11.3 Å². The van der Waals surface area contributed by atoms with Gasteiger partial charge in [0, 0.05) is 17.1 Å². The quantitative estimate of drug-likeness (QED) is 0.780. The molecular weight excluding hydrogens is 246 g/mol. The van der Waals surface area contributed by atoms with E-state index in [0.717, 1.165) is 22.8 Å². The second-order valence-electron chi connectivity index (χ2n) is 5.27. The van der Waals surface area contributed by atoms with Crippen LogP contribution in [0.3, 0.4) is 0 Å². The van der Waals surface area contributed by atoms with Crippen LogP contribution in [-0.4, -0.2) is 24.7 Å². The van der Waals surface area contributed by atoms with E-state index in [1.807, 2.05) is 18.2 Å². The van der Waals surface area contributed by atoms with E-state index in [9.17, 15) is 4.79 Å². The summed E-state index contributed by atoms with van der Waals surface area (Å²) in [5.74, 6) is 0.562. The molecule has 0 aliphatic carbocycles. The van der Waals surface area contributed by atoms with Gasteiger partial charge >= 0.3 is 0 Å². The van der Waals surface area contributed by atoms with E-state index in [1.165, 1.54) is 0 Å². The molecule has 18 heavy (non-hydrogen) atoms. The fourth-order valence-electron chi connectivity index (χ4n) is 1.61. The van der Waals surface area contributed by atoms with Crippen LogP contribution in [0.5, 0.6) is 0 Å². The maximum atomic E-state index is 11.3. The number of nitrogens with two attached hydrogens (primary N) is 1. The molecule has 0 saturated carbocycles. The molecule has 1 aromatic rings. The molecule has 0 saturated heterocycles. The van der Waals surface area contributed by atoms with Crippen molar-refractivity contribution in [3.63, 3.8) is 0 Å². The zero-order valence-electron chi connectivity index (χ0n) is 10.7. The Bertz CT molecular complexity index is 460. The van der Waals surface area contributed by atoms with Crippen LogP contribution in [0.4, 0.5) is 11.4 Å². The lowest BCUT2D eigenvalue weighted by Gasteiger charge is -2.24. The lowest BCUT2D eigenvalue weighted by molar-refractivity contribution is -0.113. The van der Waals surface area contributed by atoms with Crippen molar-refractivity contribution < 1.29 is 4.79 Å². The highest BCUT2D eigenvalue weighted by Gasteiger charge is 2.17. The normalized spacial score (nSPS) is 14.9. The van der Waals surface area contributed by atoms with Gasteiger partial charge in [-0.2, -0.15) is 0 Å². The number of thioether (sulfide) groups is 1. The van der Waals surface area contributed by atoms with Crippen LogP contribution in [-0.2, 0) is 4.79 Å². The minimum absolute atomic E-state index is 0.0620. The van der Waals surface area contributed by atoms with Gasteiger partial charge in [-0.1, -0.05) is 13.8 Å². The summed E-state index contributed by atoms with van der Waals surface area (Å²) in [5, 5.41) is 6.25. The first-order valence-electron chi connectivity index (χ1n) is 6.01. The number of carbonyl (C=O) groups is 1. The van der Waals surface area contributed by atoms with Crippen LogP contribution >= 0.6 is 11.8 Å². The lowest BCUT2D eigenvalue weighted by Crippen LogP contribution is -2.31. The van der Waals surface area contributed by atoms with Gasteiger partial charge in [-0.25, -0.2) is 0 Å². The first kappa shape index (κ1) is 13.2. The Labute approximate surface area is 112 Å². The van der Waals surface area contributed by atoms with Crippen molar-refractivity contribution >= 4 is 29.0 Å². The molecular formula is C13H19N3OS. The van der Waals surface area contributed by atoms with Crippen molar-refractivity contribution in [1.29, 1.82) is 0 Å². The first-order valence-corrected chi connectivity index (χ1v) is 6.99. The summed E-state index contributed by atoms with van der Waals surface area (Å²) in [6, 6.07) is 6.05. The van der Waals surface area contributed by atoms with Gasteiger partial charge in [0.25, 0.3) is 0 Å². The largest absolute Gasteiger partial charge is 0.384 e. The van der Waals surface area contributed by atoms with Gasteiger partial charge in [-0.3, -0.25) is 4.79 Å². The SMILES string of the molecule is CC(C)(CN)CNc1ccc2c(c1)NC(=O)CS2. The first-order chi connectivity index (χ1) is 8.50. The summed E-state index contributed by atoms with van der Waals surface area (Å²) >= 11 is 1.57. The van der Waals surface area contributed by atoms with E-state index in [2.05, 4.69) is 24.5 Å². The maximum absolute atomic E-state index is 11.3. The van der Waals surface area contributed by atoms with Gasteiger partial charge in [0.1, 0.15) is 0 Å². The maximum Gasteiger partial charge on any atom is 0.234 e. The third-order valence-electron chi connectivity index (χ3n) is 2.94. The summed E-state index contributed by atoms with van der Waals surface area (Å²) in [6.07, 6.45) is 0. The third-order valence-corrected chi connectivity index (χ3v) is 4.01. The molecule has 0 spiro atoms. The smallest absolute Gasteiger partial charge is 0.234 e. The molecule has 1 aliphatic heterocycles. The molecule has 0 unspecified atom stereocenters. The highest BCUT2D eigenvalue weighted by Crippen LogP contribution is 2.33. The fraction of sp³-hybridized carbons (Fsp3) is 0.462. The van der Waals surface area contributed by atoms with Crippen molar-refractivity contribution in [1.82, 2.24) is 0 Å². The summed E-state index contributed by atoms with van der Waals surface area (Å²) in [5.41, 5.74) is 7.67. The van der Waals surface area contributed by atoms with Gasteiger partial charge in [0.15, 0.2) is 0 Å². The summed E-state index contributed by atoms with van der Waals surface area (Å²) in [4.78, 5) is 12.5. The Morgan fingerprint density at radius 2 is 2.28 bits per heavy atom. The van der Waals surface area contributed by atoms with Crippen LogP contribution in [0.15, 0.2) is 23.1 Å². The van der Waals surface area contributed by atoms with Crippen molar-refractivity contribution in [2.75, 3.05) is 29.5 Å². The predicted octanol–water partition coefficient (Wildman–Crippen LogP) is 2.13. The van der Waals surface area contributed by atoms with Crippen molar-refractivity contribution in [2.45, 2.75) is 18.7 Å². The standard InChI is InChI=1S/C13H19N3OS/c1-13(2,7-14)8-15-9-3-4-11-10(5-9)16-12(17)6-18-11/h3-5,15H,6-8,14H2,1-2H3,(H,16,17). The highest BCUT2D eigenvalue weighted by molar-refractivity contribution is 8.00. The van der Waals surface area contributed by atoms with E-state index in [0.29, 0.717) is 12.3 Å². The molecule has 0 radical (unpaired) electrons. The van der Waals surface area contributed by atoms with Crippen LogP contribution in [0, 0.1) is 5.41 Å². The van der Waals surface area contributed by atoms with Crippen LogP contribution in [0.2, 0.25) is 0 Å². The fourth-order valence-corrected chi connectivity index (χ4v) is 2.40. The number of fused-ring (bicyclic) bond motifs is 1. The molecule has 5 heteroatoms. The van der Waals surface area contributed by atoms with Crippen LogP contribution in [0.1, 0.15) is 13.8 Å². The second kappa shape index (κ2) is 5.20. The lowest BCUT2D eigenvalue weighted by atomic mass is 9.94. The van der Waals surface area contributed by atoms with E-state index < -0.39 is 0 Å². The Morgan fingerprint density at radius 3 is 3.00 bits per heavy atom. The summed E-state index contributed by atoms with van der Waals surface area (Å²) in [6.45, 7) is 5.69. The summed E-state index contributed by atoms with van der Waals surface area (Å²) in [7, 11) is 0. The Hall–Kier alpha value is -1.20. The van der Waals surface area contributed by atoms with E-state index in [1.54, 1.807) is 11.8 Å². The Morgan fingerprint density at radius 1 is 1.50 bits per heavy atom. The number of rotatable bonds is 4. The molecule has 1 heterocycles. The van der Waals surface area contributed by atoms with Crippen molar-refractivity contribution in [2.24, 2.45) is 11.1 Å². The predicted molar refractivity (Wildman–Crippen MR) is 77.1 cm³/mol. The number of hydrogen-bond donors (Lipinski definition) is 3. The van der Waals surface area contributed by atoms with Crippen LogP contribution in [0.25, 0.3) is 0 Å². The molecule has 0 atom stereocenters. The second-order valence-corrected chi connectivity index (χ2v) is 6.29. The molecule has 1 aliphatic rings. The zero-order chi connectivity index (χ0) is 13.2. The number of hydrogen-bond acceptors (Lipinski definition) is 4. The number of anilines is 2. The Kier molecular flexibility index (Phi) is 3.82. The van der Waals surface area contributed by atoms with Crippen LogP contribution < -0.4 is 16.4 Å². The average molecular weight is 265 g/mol. The van der Waals surface area contributed by atoms with Gasteiger partial charge < -0.3 is 16.4 Å². The molecule has 0 fully saturated rings. The van der Waals surface area contributed by atoms with Gasteiger partial charge in [-0.05, 0) is 30.2 Å². The monoisotopic (exact) mass is 265 g/mol. The molecule has 98 valence electrons. The average Bonchev–Trinajstić information content (AvgIpc) is 2.36.